The van der Waals surface area contributed by atoms with Crippen LogP contribution in [0.2, 0.25) is 0 Å². The summed E-state index contributed by atoms with van der Waals surface area (Å²) in [6.45, 7) is 41.5. The Kier molecular flexibility index (Phi) is 37.4. The molecule has 13 nitrogen and oxygen atoms in total. The second kappa shape index (κ2) is 50.8. The zero-order valence-corrected chi connectivity index (χ0v) is 87.2. The topological polar surface area (TPSA) is 132 Å². The van der Waals surface area contributed by atoms with Crippen molar-refractivity contribution in [1.29, 1.82) is 10.5 Å². The van der Waals surface area contributed by atoms with E-state index in [1.165, 1.54) is 57.1 Å². The van der Waals surface area contributed by atoms with E-state index in [1.807, 2.05) is 146 Å². The van der Waals surface area contributed by atoms with Crippen LogP contribution in [0.1, 0.15) is 170 Å². The monoisotopic (exact) mass is 1980 g/mol. The van der Waals surface area contributed by atoms with Crippen LogP contribution in [0.15, 0.2) is 435 Å². The van der Waals surface area contributed by atoms with Crippen LogP contribution < -0.4 is 29.4 Å². The normalized spacial score (nSPS) is 11.0. The zero-order chi connectivity index (χ0) is 104. The van der Waals surface area contributed by atoms with E-state index in [1.54, 1.807) is 12.1 Å². The standard InChI is InChI=1S/C56H50N4.C23H23NO.C22H23N.C12H11N.C10H4N2O2.C9H13BrN/c1-55(2,3)46-26-34-52(35-27-46)59(48-14-10-8-11-15-48)50-30-20-41(21-31-50)18-24-43-39-54(58-7)44(38-45(43)40-57)25-19-42-22-32-51(33-23-42)60(49-16-12-9-13-17-49)53-36-28-47(29-37-53)56(4,5)6;1-23(2,3)19-11-15-22(16-12-19)24(20-7-5-4-6-8-20)21-13-9-18(17-25)10-14-21;1-22(2,3)18-14-16-21(17-15-18)23(19-10-6-4-7-11-19)20-12-8-5-9-13-20;1-3-7-11(8-4-1)13-12-9-5-2-6-10-12;1-12-10-3-8(5-13)7(4-11)2-9(10)6-14;1-11(2,3)9-6-4-8(10)5-7-9/h8-39H,1-6H3;4-17H,1-3H3;4-17H,1-3H3;1-10,13H;2-3,5-6H;4-7H,1-3H3/q;;;;;+1. The van der Waals surface area contributed by atoms with Gasteiger partial charge in [0.05, 0.1) is 57.6 Å². The first-order chi connectivity index (χ1) is 70.2. The number of nitriles is 2. The molecule has 0 saturated heterocycles. The van der Waals surface area contributed by atoms with Gasteiger partial charge in [-0.2, -0.15) is 10.5 Å². The van der Waals surface area contributed by atoms with E-state index in [0.717, 1.165) is 88.9 Å². The Labute approximate surface area is 872 Å². The maximum absolute atomic E-state index is 10.9. The van der Waals surface area contributed by atoms with Gasteiger partial charge in [0.2, 0.25) is 0 Å². The van der Waals surface area contributed by atoms with Gasteiger partial charge in [0.25, 0.3) is 0 Å². The number of carbonyl (C=O) groups excluding carboxylic acids is 3. The molecule has 0 unspecified atom stereocenters. The summed E-state index contributed by atoms with van der Waals surface area (Å²) >= 11 is 3.41. The average Bonchev–Trinajstić information content (AvgIpc) is 0.799. The van der Waals surface area contributed by atoms with E-state index >= 15 is 0 Å². The summed E-state index contributed by atoms with van der Waals surface area (Å²) in [6.07, 6.45) is 9.68. The maximum Gasteiger partial charge on any atom is 0.198 e. The van der Waals surface area contributed by atoms with Crippen LogP contribution in [-0.2, 0) is 21.7 Å². The van der Waals surface area contributed by atoms with Crippen molar-refractivity contribution < 1.29 is 14.4 Å². The van der Waals surface area contributed by atoms with Crippen LogP contribution in [0.25, 0.3) is 34.0 Å². The lowest BCUT2D eigenvalue weighted by atomic mass is 9.87. The van der Waals surface area contributed by atoms with Crippen LogP contribution in [-0.4, -0.2) is 40.0 Å². The molecule has 0 atom stereocenters. The average molecular weight is 1980 g/mol. The summed E-state index contributed by atoms with van der Waals surface area (Å²) < 4.78 is 2.00. The third-order valence-corrected chi connectivity index (χ3v) is 24.6. The van der Waals surface area contributed by atoms with Crippen molar-refractivity contribution in [2.75, 3.05) is 46.1 Å². The Morgan fingerprint density at radius 1 is 0.274 bits per heavy atom. The SMILES string of the molecule is CC(C)(C)c1ccc(N(c2ccccc2)c2ccc(C=O)cc2)cc1.CC(C)(C)c1ccc(N(c2ccccc2)c2ccccc2)cc1.C[N+](C)(C)c1ccc(Br)cc1.[C-]#[N+]c1cc(C=Cc2ccc(N(c3ccccc3)c3ccc(C(C)(C)C)cc3)cc2)c(C#N)cc1C=Cc1ccc(N(c2ccccc2)c2ccc(C(C)(C)C)cc2)cc1.[C-]#[N+]c1cc(C=O)c(C#N)cc1C=O.c1ccc(Nc2ccccc2)cc1. The van der Waals surface area contributed by atoms with Gasteiger partial charge in [-0.25, -0.2) is 9.69 Å². The molecule has 0 aliphatic rings. The lowest BCUT2D eigenvalue weighted by molar-refractivity contribution is 0.111. The number of hydrogen-bond acceptors (Lipinski definition) is 10. The first-order valence-electron chi connectivity index (χ1n) is 48.4. The molecule has 17 aromatic rings. The molecule has 0 saturated carbocycles. The van der Waals surface area contributed by atoms with Crippen molar-refractivity contribution in [2.24, 2.45) is 0 Å². The number of halogens is 1. The number of nitrogens with one attached hydrogen (secondary N) is 1. The molecule has 17 rings (SSSR count). The second-order valence-electron chi connectivity index (χ2n) is 39.8. The Balaban J connectivity index is 0.000000180. The predicted octanol–water partition coefficient (Wildman–Crippen LogP) is 36.5. The van der Waals surface area contributed by atoms with E-state index in [9.17, 15) is 19.6 Å². The van der Waals surface area contributed by atoms with Crippen molar-refractivity contribution >= 4 is 156 Å². The fourth-order valence-electron chi connectivity index (χ4n) is 15.8. The van der Waals surface area contributed by atoms with E-state index in [0.29, 0.717) is 40.5 Å². The molecule has 0 bridgehead atoms. The summed E-state index contributed by atoms with van der Waals surface area (Å²) in [5.41, 5.74) is 27.9. The number of carbonyl (C=O) groups is 3. The third-order valence-electron chi connectivity index (χ3n) is 24.1. The highest BCUT2D eigenvalue weighted by Gasteiger charge is 2.23. The molecule has 14 heteroatoms. The maximum atomic E-state index is 10.9. The number of quaternary nitrogens is 1. The number of aldehydes is 3. The minimum atomic E-state index is 0.0718. The largest absolute Gasteiger partial charge is 0.356 e. The minimum absolute atomic E-state index is 0.0718. The Morgan fingerprint density at radius 3 is 0.760 bits per heavy atom. The van der Waals surface area contributed by atoms with Crippen LogP contribution in [0.4, 0.5) is 96.7 Å². The summed E-state index contributed by atoms with van der Waals surface area (Å²) in [7, 11) is 6.47. The van der Waals surface area contributed by atoms with Gasteiger partial charge in [-0.15, -0.1) is 0 Å². The highest BCUT2D eigenvalue weighted by Crippen LogP contribution is 2.43. The number of para-hydroxylation sites is 7. The highest BCUT2D eigenvalue weighted by molar-refractivity contribution is 9.10. The van der Waals surface area contributed by atoms with Crippen molar-refractivity contribution in [2.45, 2.75) is 105 Å². The van der Waals surface area contributed by atoms with E-state index < -0.39 is 0 Å². The lowest BCUT2D eigenvalue weighted by Gasteiger charge is -2.27. The third kappa shape index (κ3) is 30.3. The molecular formula is C132H124BrN10O3+. The van der Waals surface area contributed by atoms with Crippen LogP contribution >= 0.6 is 15.9 Å². The molecule has 726 valence electrons. The van der Waals surface area contributed by atoms with Gasteiger partial charge >= 0.3 is 0 Å². The molecule has 0 aliphatic carbocycles. The minimum Gasteiger partial charge on any atom is -0.356 e. The molecule has 17 aromatic carbocycles. The van der Waals surface area contributed by atoms with Crippen LogP contribution in [0, 0.1) is 35.8 Å². The summed E-state index contributed by atoms with van der Waals surface area (Å²) in [4.78, 5) is 47.9. The fraction of sp³-hybridized carbons (Fsp3) is 0.144. The molecule has 0 spiro atoms. The highest BCUT2D eigenvalue weighted by atomic mass is 79.9. The predicted molar refractivity (Wildman–Crippen MR) is 618 cm³/mol. The van der Waals surface area contributed by atoms with Gasteiger partial charge < -0.3 is 24.9 Å². The van der Waals surface area contributed by atoms with Crippen LogP contribution in [0.5, 0.6) is 0 Å². The fourth-order valence-corrected chi connectivity index (χ4v) is 16.1. The number of rotatable bonds is 22. The molecule has 146 heavy (non-hydrogen) atoms. The van der Waals surface area contributed by atoms with Gasteiger partial charge in [0.1, 0.15) is 24.5 Å². The summed E-state index contributed by atoms with van der Waals surface area (Å²) in [5, 5.41) is 22.1. The molecule has 0 heterocycles. The Bertz CT molecular complexity index is 7030. The Hall–Kier alpha value is -17.4. The van der Waals surface area contributed by atoms with Gasteiger partial charge in [-0.3, -0.25) is 18.9 Å². The second-order valence-corrected chi connectivity index (χ2v) is 40.7. The van der Waals surface area contributed by atoms with E-state index in [4.69, 9.17) is 18.4 Å². The van der Waals surface area contributed by atoms with Crippen molar-refractivity contribution in [3.8, 4) is 12.1 Å². The number of nitrogens with zero attached hydrogens (tertiary/aromatic N) is 9. The van der Waals surface area contributed by atoms with Crippen molar-refractivity contribution in [3.05, 3.63) is 530 Å². The van der Waals surface area contributed by atoms with E-state index in [2.05, 4.69) is 452 Å². The van der Waals surface area contributed by atoms with Gasteiger partial charge in [0.15, 0.2) is 11.4 Å². The van der Waals surface area contributed by atoms with Gasteiger partial charge in [-0.1, -0.05) is 324 Å². The number of anilines is 14. The Morgan fingerprint density at radius 2 is 0.507 bits per heavy atom. The summed E-state index contributed by atoms with van der Waals surface area (Å²) in [6, 6.07) is 150. The smallest absolute Gasteiger partial charge is 0.198 e. The van der Waals surface area contributed by atoms with Gasteiger partial charge in [-0.05, 0) is 285 Å². The molecular weight excluding hydrogens is 1850 g/mol. The zero-order valence-electron chi connectivity index (χ0n) is 85.7. The molecule has 0 radical (unpaired) electrons. The first kappa shape index (κ1) is 107. The molecule has 0 fully saturated rings. The number of benzene rings is 17. The van der Waals surface area contributed by atoms with Gasteiger partial charge in [0, 0.05) is 113 Å². The molecule has 0 aromatic heterocycles. The molecule has 0 aliphatic heterocycles. The quantitative estimate of drug-likeness (QED) is 0.0303. The molecule has 0 amide bonds. The summed E-state index contributed by atoms with van der Waals surface area (Å²) in [5.74, 6) is 0. The molecule has 1 N–H and O–H groups in total. The lowest BCUT2D eigenvalue weighted by Crippen LogP contribution is -2.34. The van der Waals surface area contributed by atoms with Crippen molar-refractivity contribution in [1.82, 2.24) is 4.48 Å². The first-order valence-corrected chi connectivity index (χ1v) is 49.2. The van der Waals surface area contributed by atoms with E-state index in [-0.39, 0.29) is 44.0 Å². The van der Waals surface area contributed by atoms with Crippen molar-refractivity contribution in [3.63, 3.8) is 0 Å². The van der Waals surface area contributed by atoms with Crippen LogP contribution in [0.3, 0.4) is 0 Å². The number of hydrogen-bond donors (Lipinski definition) is 1.